The molecule has 0 aromatic carbocycles. The number of halogens is 1. The molecule has 3 N–H and O–H groups in total. The highest BCUT2D eigenvalue weighted by molar-refractivity contribution is 6.33. The Morgan fingerprint density at radius 1 is 1.06 bits per heavy atom. The first kappa shape index (κ1) is 24.3. The Balaban J connectivity index is 1.23. The van der Waals surface area contributed by atoms with Crippen LogP contribution in [0.1, 0.15) is 38.5 Å². The standard InChI is InChI=1S/C26H33ClN6O2/c27-22-14-29-25(32-19-5-4-18(12-19)31-20-6-9-35-15-20)13-21(22)23-2-1-3-24(33-23)30-17-26(16-28)7-10-34-11-8-26/h1-3,13-14,18-20,31H,4-12,15,17H2,(H,29,32)(H,30,33)/t18?,19-,20-/m1/s1. The van der Waals surface area contributed by atoms with Crippen molar-refractivity contribution in [3.63, 3.8) is 0 Å². The second kappa shape index (κ2) is 11.1. The summed E-state index contributed by atoms with van der Waals surface area (Å²) in [6.07, 6.45) is 7.58. The van der Waals surface area contributed by atoms with Crippen molar-refractivity contribution in [1.82, 2.24) is 15.3 Å². The lowest BCUT2D eigenvalue weighted by molar-refractivity contribution is 0.0455. The van der Waals surface area contributed by atoms with Crippen LogP contribution in [-0.2, 0) is 9.47 Å². The van der Waals surface area contributed by atoms with Crippen LogP contribution in [0.2, 0.25) is 5.02 Å². The molecule has 1 aliphatic carbocycles. The van der Waals surface area contributed by atoms with Crippen molar-refractivity contribution in [3.8, 4) is 17.3 Å². The second-order valence-electron chi connectivity index (χ2n) is 9.89. The molecular formula is C26H33ClN6O2. The van der Waals surface area contributed by atoms with Gasteiger partial charge < -0.3 is 25.4 Å². The van der Waals surface area contributed by atoms with Gasteiger partial charge in [0.25, 0.3) is 0 Å². The monoisotopic (exact) mass is 496 g/mol. The number of aromatic nitrogens is 2. The van der Waals surface area contributed by atoms with Gasteiger partial charge in [0.15, 0.2) is 0 Å². The number of rotatable bonds is 8. The molecule has 1 unspecified atom stereocenters. The lowest BCUT2D eigenvalue weighted by Gasteiger charge is -2.30. The number of hydrogen-bond acceptors (Lipinski definition) is 8. The first-order valence-corrected chi connectivity index (χ1v) is 13.0. The highest BCUT2D eigenvalue weighted by Crippen LogP contribution is 2.32. The lowest BCUT2D eigenvalue weighted by atomic mass is 9.82. The third-order valence-corrected chi connectivity index (χ3v) is 7.66. The molecule has 3 atom stereocenters. The first-order chi connectivity index (χ1) is 17.1. The Morgan fingerprint density at radius 3 is 2.71 bits per heavy atom. The van der Waals surface area contributed by atoms with Crippen molar-refractivity contribution in [1.29, 1.82) is 5.26 Å². The van der Waals surface area contributed by atoms with Gasteiger partial charge >= 0.3 is 0 Å². The smallest absolute Gasteiger partial charge is 0.126 e. The molecule has 3 fully saturated rings. The van der Waals surface area contributed by atoms with E-state index in [1.54, 1.807) is 6.20 Å². The van der Waals surface area contributed by atoms with E-state index in [2.05, 4.69) is 27.0 Å². The minimum atomic E-state index is -0.417. The number of nitrogens with one attached hydrogen (secondary N) is 3. The molecule has 1 saturated carbocycles. The number of nitrogens with zero attached hydrogens (tertiary/aromatic N) is 3. The van der Waals surface area contributed by atoms with Gasteiger partial charge in [-0.2, -0.15) is 5.26 Å². The van der Waals surface area contributed by atoms with Gasteiger partial charge in [0, 0.05) is 56.3 Å². The normalized spacial score (nSPS) is 25.8. The number of hydrogen-bond donors (Lipinski definition) is 3. The highest BCUT2D eigenvalue weighted by atomic mass is 35.5. The summed E-state index contributed by atoms with van der Waals surface area (Å²) in [5.41, 5.74) is 1.19. The van der Waals surface area contributed by atoms with Crippen LogP contribution < -0.4 is 16.0 Å². The Bertz CT molecular complexity index is 1050. The minimum Gasteiger partial charge on any atom is -0.381 e. The van der Waals surface area contributed by atoms with E-state index in [0.29, 0.717) is 42.9 Å². The predicted octanol–water partition coefficient (Wildman–Crippen LogP) is 4.24. The van der Waals surface area contributed by atoms with Crippen LogP contribution in [0.25, 0.3) is 11.3 Å². The average molecular weight is 497 g/mol. The van der Waals surface area contributed by atoms with Crippen LogP contribution in [0, 0.1) is 16.7 Å². The summed E-state index contributed by atoms with van der Waals surface area (Å²) in [6.45, 7) is 3.48. The van der Waals surface area contributed by atoms with E-state index in [1.807, 2.05) is 24.3 Å². The molecule has 35 heavy (non-hydrogen) atoms. The van der Waals surface area contributed by atoms with E-state index in [9.17, 15) is 5.26 Å². The van der Waals surface area contributed by atoms with Crippen molar-refractivity contribution < 1.29 is 9.47 Å². The first-order valence-electron chi connectivity index (χ1n) is 12.6. The third-order valence-electron chi connectivity index (χ3n) is 7.36. The third kappa shape index (κ3) is 6.04. The molecule has 4 heterocycles. The van der Waals surface area contributed by atoms with Crippen molar-refractivity contribution >= 4 is 23.2 Å². The Morgan fingerprint density at radius 2 is 1.91 bits per heavy atom. The highest BCUT2D eigenvalue weighted by Gasteiger charge is 2.32. The molecule has 2 saturated heterocycles. The fourth-order valence-corrected chi connectivity index (χ4v) is 5.42. The summed E-state index contributed by atoms with van der Waals surface area (Å²) in [4.78, 5) is 9.30. The molecule has 0 spiro atoms. The molecule has 9 heteroatoms. The van der Waals surface area contributed by atoms with E-state index < -0.39 is 5.41 Å². The molecule has 8 nitrogen and oxygen atoms in total. The van der Waals surface area contributed by atoms with Gasteiger partial charge in [-0.3, -0.25) is 0 Å². The number of nitriles is 1. The van der Waals surface area contributed by atoms with Crippen LogP contribution in [0.5, 0.6) is 0 Å². The summed E-state index contributed by atoms with van der Waals surface area (Å²) in [5, 5.41) is 21.0. The summed E-state index contributed by atoms with van der Waals surface area (Å²) < 4.78 is 10.9. The van der Waals surface area contributed by atoms with E-state index >= 15 is 0 Å². The molecule has 2 aromatic heterocycles. The summed E-state index contributed by atoms with van der Waals surface area (Å²) in [5.74, 6) is 1.54. The van der Waals surface area contributed by atoms with Gasteiger partial charge in [0.2, 0.25) is 0 Å². The maximum Gasteiger partial charge on any atom is 0.126 e. The Labute approximate surface area is 211 Å². The molecular weight excluding hydrogens is 464 g/mol. The van der Waals surface area contributed by atoms with Crippen molar-refractivity contribution in [3.05, 3.63) is 35.5 Å². The number of ether oxygens (including phenoxy) is 2. The molecule has 0 radical (unpaired) electrons. The molecule has 2 aliphatic heterocycles. The summed E-state index contributed by atoms with van der Waals surface area (Å²) in [6, 6.07) is 11.7. The SMILES string of the molecule is N#CC1(CNc2cccc(-c3cc(N[C@@H]4CCC(N[C@@H]5CCOC5)C4)ncc3Cl)n2)CCOCC1. The van der Waals surface area contributed by atoms with Crippen LogP contribution in [0.15, 0.2) is 30.5 Å². The van der Waals surface area contributed by atoms with Crippen molar-refractivity contribution in [2.75, 3.05) is 43.6 Å². The Hall–Kier alpha value is -2.44. The predicted molar refractivity (Wildman–Crippen MR) is 136 cm³/mol. The van der Waals surface area contributed by atoms with E-state index in [1.165, 1.54) is 0 Å². The van der Waals surface area contributed by atoms with Crippen LogP contribution >= 0.6 is 11.6 Å². The maximum atomic E-state index is 9.72. The second-order valence-corrected chi connectivity index (χ2v) is 10.3. The van der Waals surface area contributed by atoms with Crippen molar-refractivity contribution in [2.24, 2.45) is 5.41 Å². The molecule has 5 rings (SSSR count). The molecule has 0 amide bonds. The van der Waals surface area contributed by atoms with Crippen LogP contribution in [0.4, 0.5) is 11.6 Å². The fraction of sp³-hybridized carbons (Fsp3) is 0.577. The topological polar surface area (TPSA) is 104 Å². The Kier molecular flexibility index (Phi) is 7.69. The summed E-state index contributed by atoms with van der Waals surface area (Å²) >= 11 is 6.53. The zero-order valence-corrected chi connectivity index (χ0v) is 20.7. The van der Waals surface area contributed by atoms with E-state index in [-0.39, 0.29) is 0 Å². The van der Waals surface area contributed by atoms with E-state index in [4.69, 9.17) is 26.1 Å². The number of pyridine rings is 2. The van der Waals surface area contributed by atoms with Gasteiger partial charge in [0.1, 0.15) is 11.6 Å². The van der Waals surface area contributed by atoms with Gasteiger partial charge in [-0.25, -0.2) is 9.97 Å². The zero-order valence-electron chi connectivity index (χ0n) is 19.9. The minimum absolute atomic E-state index is 0.374. The van der Waals surface area contributed by atoms with Crippen molar-refractivity contribution in [2.45, 2.75) is 56.7 Å². The van der Waals surface area contributed by atoms with E-state index in [0.717, 1.165) is 74.6 Å². The largest absolute Gasteiger partial charge is 0.381 e. The maximum absolute atomic E-state index is 9.72. The molecule has 0 bridgehead atoms. The zero-order chi connectivity index (χ0) is 24.1. The quantitative estimate of drug-likeness (QED) is 0.498. The van der Waals surface area contributed by atoms with Gasteiger partial charge in [-0.05, 0) is 56.7 Å². The fourth-order valence-electron chi connectivity index (χ4n) is 5.22. The average Bonchev–Trinajstić information content (AvgIpc) is 3.57. The number of anilines is 2. The van der Waals surface area contributed by atoms with Crippen LogP contribution in [-0.4, -0.2) is 61.1 Å². The summed E-state index contributed by atoms with van der Waals surface area (Å²) in [7, 11) is 0. The van der Waals surface area contributed by atoms with Gasteiger partial charge in [-0.15, -0.1) is 0 Å². The van der Waals surface area contributed by atoms with Gasteiger partial charge in [0.05, 0.1) is 28.8 Å². The molecule has 186 valence electrons. The van der Waals surface area contributed by atoms with Gasteiger partial charge in [-0.1, -0.05) is 17.7 Å². The van der Waals surface area contributed by atoms with Crippen LogP contribution in [0.3, 0.4) is 0 Å². The molecule has 2 aromatic rings. The lowest BCUT2D eigenvalue weighted by Crippen LogP contribution is -2.37. The molecule has 3 aliphatic rings.